The molecule has 1 aromatic heterocycles. The highest BCUT2D eigenvalue weighted by Gasteiger charge is 2.15. The van der Waals surface area contributed by atoms with Crippen LogP contribution in [0.25, 0.3) is 0 Å². The number of aliphatic carboxylic acids is 1. The highest BCUT2D eigenvalue weighted by Crippen LogP contribution is 1.95. The standard InChI is InChI=1S/C11H16N2O3/c1-9(11(15)16)12(2)7-8-13-6-4-3-5-10(13)14/h3-6,9H,7-8H2,1-2H3,(H,15,16). The zero-order chi connectivity index (χ0) is 12.1. The molecule has 1 rings (SSSR count). The number of hydrogen-bond acceptors (Lipinski definition) is 3. The Kier molecular flexibility index (Phi) is 4.25. The molecule has 1 aromatic rings. The summed E-state index contributed by atoms with van der Waals surface area (Å²) in [4.78, 5) is 23.8. The van der Waals surface area contributed by atoms with Crippen LogP contribution < -0.4 is 5.56 Å². The van der Waals surface area contributed by atoms with Gasteiger partial charge in [-0.05, 0) is 20.0 Å². The first-order valence-electron chi connectivity index (χ1n) is 5.11. The lowest BCUT2D eigenvalue weighted by molar-refractivity contribution is -0.142. The Balaban J connectivity index is 2.55. The molecule has 0 aliphatic rings. The highest BCUT2D eigenvalue weighted by atomic mass is 16.4. The predicted octanol–water partition coefficient (Wildman–Crippen LogP) is 0.253. The minimum Gasteiger partial charge on any atom is -0.480 e. The molecule has 0 spiro atoms. The molecule has 0 radical (unpaired) electrons. The third kappa shape index (κ3) is 3.20. The molecule has 0 fully saturated rings. The summed E-state index contributed by atoms with van der Waals surface area (Å²) in [5.74, 6) is -0.858. The van der Waals surface area contributed by atoms with Crippen LogP contribution in [0.3, 0.4) is 0 Å². The summed E-state index contributed by atoms with van der Waals surface area (Å²) in [5.41, 5.74) is -0.0705. The SMILES string of the molecule is CC(C(=O)O)N(C)CCn1ccccc1=O. The van der Waals surface area contributed by atoms with E-state index in [-0.39, 0.29) is 5.56 Å². The van der Waals surface area contributed by atoms with E-state index in [1.807, 2.05) is 0 Å². The largest absolute Gasteiger partial charge is 0.480 e. The summed E-state index contributed by atoms with van der Waals surface area (Å²) in [7, 11) is 1.73. The molecular weight excluding hydrogens is 208 g/mol. The summed E-state index contributed by atoms with van der Waals surface area (Å²) in [6.07, 6.45) is 1.70. The van der Waals surface area contributed by atoms with Gasteiger partial charge in [-0.15, -0.1) is 0 Å². The van der Waals surface area contributed by atoms with Crippen molar-refractivity contribution in [3.8, 4) is 0 Å². The molecule has 88 valence electrons. The van der Waals surface area contributed by atoms with Crippen molar-refractivity contribution in [3.63, 3.8) is 0 Å². The van der Waals surface area contributed by atoms with E-state index in [2.05, 4.69) is 0 Å². The Morgan fingerprint density at radius 1 is 1.56 bits per heavy atom. The number of likely N-dealkylation sites (N-methyl/N-ethyl adjacent to an activating group) is 1. The molecule has 1 heterocycles. The normalized spacial score (nSPS) is 12.7. The van der Waals surface area contributed by atoms with E-state index in [0.29, 0.717) is 13.1 Å². The lowest BCUT2D eigenvalue weighted by Crippen LogP contribution is -2.38. The van der Waals surface area contributed by atoms with Crippen LogP contribution in [0.4, 0.5) is 0 Å². The van der Waals surface area contributed by atoms with Gasteiger partial charge in [-0.25, -0.2) is 0 Å². The van der Waals surface area contributed by atoms with Gasteiger partial charge in [0.1, 0.15) is 6.04 Å². The van der Waals surface area contributed by atoms with Crippen molar-refractivity contribution < 1.29 is 9.90 Å². The van der Waals surface area contributed by atoms with Gasteiger partial charge in [0, 0.05) is 25.4 Å². The van der Waals surface area contributed by atoms with Gasteiger partial charge in [0.2, 0.25) is 0 Å². The Morgan fingerprint density at radius 2 is 2.25 bits per heavy atom. The maximum Gasteiger partial charge on any atom is 0.320 e. The minimum absolute atomic E-state index is 0.0705. The van der Waals surface area contributed by atoms with E-state index in [0.717, 1.165) is 0 Å². The molecule has 5 heteroatoms. The smallest absolute Gasteiger partial charge is 0.320 e. The van der Waals surface area contributed by atoms with E-state index in [1.165, 1.54) is 6.07 Å². The Bertz CT molecular complexity index is 414. The van der Waals surface area contributed by atoms with Gasteiger partial charge in [0.15, 0.2) is 0 Å². The number of aromatic nitrogens is 1. The zero-order valence-corrected chi connectivity index (χ0v) is 9.46. The highest BCUT2D eigenvalue weighted by molar-refractivity contribution is 5.72. The molecule has 16 heavy (non-hydrogen) atoms. The molecule has 1 N–H and O–H groups in total. The van der Waals surface area contributed by atoms with Crippen molar-refractivity contribution in [1.82, 2.24) is 9.47 Å². The van der Waals surface area contributed by atoms with Crippen LogP contribution in [0, 0.1) is 0 Å². The molecule has 1 unspecified atom stereocenters. The number of carboxylic acid groups (broad SMARTS) is 1. The summed E-state index contributed by atoms with van der Waals surface area (Å²) in [5, 5.41) is 8.79. The topological polar surface area (TPSA) is 62.5 Å². The average Bonchev–Trinajstić information content (AvgIpc) is 2.26. The fourth-order valence-corrected chi connectivity index (χ4v) is 1.29. The Morgan fingerprint density at radius 3 is 2.81 bits per heavy atom. The van der Waals surface area contributed by atoms with Gasteiger partial charge < -0.3 is 9.67 Å². The van der Waals surface area contributed by atoms with Gasteiger partial charge in [0.05, 0.1) is 0 Å². The van der Waals surface area contributed by atoms with Crippen molar-refractivity contribution in [2.75, 3.05) is 13.6 Å². The second-order valence-corrected chi connectivity index (χ2v) is 3.73. The van der Waals surface area contributed by atoms with E-state index >= 15 is 0 Å². The third-order valence-electron chi connectivity index (χ3n) is 2.61. The van der Waals surface area contributed by atoms with Crippen LogP contribution in [0.5, 0.6) is 0 Å². The first kappa shape index (κ1) is 12.4. The second-order valence-electron chi connectivity index (χ2n) is 3.73. The maximum absolute atomic E-state index is 11.4. The molecule has 0 aromatic carbocycles. The van der Waals surface area contributed by atoms with Crippen LogP contribution >= 0.6 is 0 Å². The summed E-state index contributed by atoms with van der Waals surface area (Å²) < 4.78 is 1.56. The Hall–Kier alpha value is -1.62. The number of carboxylic acids is 1. The maximum atomic E-state index is 11.4. The lowest BCUT2D eigenvalue weighted by Gasteiger charge is -2.21. The fourth-order valence-electron chi connectivity index (χ4n) is 1.29. The molecule has 5 nitrogen and oxygen atoms in total. The monoisotopic (exact) mass is 224 g/mol. The van der Waals surface area contributed by atoms with Crippen LogP contribution in [0.1, 0.15) is 6.92 Å². The Labute approximate surface area is 93.9 Å². The minimum atomic E-state index is -0.858. The molecule has 0 bridgehead atoms. The fraction of sp³-hybridized carbons (Fsp3) is 0.455. The first-order chi connectivity index (χ1) is 7.52. The van der Waals surface area contributed by atoms with Gasteiger partial charge in [-0.3, -0.25) is 14.5 Å². The molecule has 0 saturated carbocycles. The van der Waals surface area contributed by atoms with Crippen molar-refractivity contribution in [2.24, 2.45) is 0 Å². The molecule has 1 atom stereocenters. The van der Waals surface area contributed by atoms with E-state index in [4.69, 9.17) is 5.11 Å². The van der Waals surface area contributed by atoms with Crippen molar-refractivity contribution in [1.29, 1.82) is 0 Å². The molecular formula is C11H16N2O3. The summed E-state index contributed by atoms with van der Waals surface area (Å²) in [6.45, 7) is 2.64. The van der Waals surface area contributed by atoms with E-state index < -0.39 is 12.0 Å². The third-order valence-corrected chi connectivity index (χ3v) is 2.61. The lowest BCUT2D eigenvalue weighted by atomic mass is 10.3. The number of carbonyl (C=O) groups is 1. The van der Waals surface area contributed by atoms with Gasteiger partial charge >= 0.3 is 5.97 Å². The van der Waals surface area contributed by atoms with Crippen molar-refractivity contribution in [3.05, 3.63) is 34.7 Å². The molecule has 0 amide bonds. The summed E-state index contributed by atoms with van der Waals surface area (Å²) in [6, 6.07) is 4.41. The summed E-state index contributed by atoms with van der Waals surface area (Å²) >= 11 is 0. The average molecular weight is 224 g/mol. The van der Waals surface area contributed by atoms with Crippen molar-refractivity contribution >= 4 is 5.97 Å². The number of rotatable bonds is 5. The van der Waals surface area contributed by atoms with Crippen LogP contribution in [-0.4, -0.2) is 40.2 Å². The molecule has 0 aliphatic carbocycles. The first-order valence-corrected chi connectivity index (χ1v) is 5.11. The van der Waals surface area contributed by atoms with Crippen molar-refractivity contribution in [2.45, 2.75) is 19.5 Å². The zero-order valence-electron chi connectivity index (χ0n) is 9.46. The van der Waals surface area contributed by atoms with Crippen LogP contribution in [0.2, 0.25) is 0 Å². The second kappa shape index (κ2) is 5.46. The number of pyridine rings is 1. The van der Waals surface area contributed by atoms with Gasteiger partial charge in [-0.2, -0.15) is 0 Å². The quantitative estimate of drug-likeness (QED) is 0.779. The number of nitrogens with zero attached hydrogens (tertiary/aromatic N) is 2. The number of hydrogen-bond donors (Lipinski definition) is 1. The van der Waals surface area contributed by atoms with Gasteiger partial charge in [-0.1, -0.05) is 6.07 Å². The molecule has 0 saturated heterocycles. The van der Waals surface area contributed by atoms with Crippen LogP contribution in [0.15, 0.2) is 29.2 Å². The molecule has 0 aliphatic heterocycles. The van der Waals surface area contributed by atoms with Gasteiger partial charge in [0.25, 0.3) is 5.56 Å². The van der Waals surface area contributed by atoms with E-state index in [1.54, 1.807) is 41.8 Å². The van der Waals surface area contributed by atoms with E-state index in [9.17, 15) is 9.59 Å². The predicted molar refractivity (Wildman–Crippen MR) is 60.4 cm³/mol. The van der Waals surface area contributed by atoms with Crippen LogP contribution in [-0.2, 0) is 11.3 Å².